The normalized spacial score (nSPS) is 14.9. The summed E-state index contributed by atoms with van der Waals surface area (Å²) in [6.07, 6.45) is 1.53. The lowest BCUT2D eigenvalue weighted by Crippen LogP contribution is -2.45. The molecule has 0 aliphatic carbocycles. The molecule has 4 aromatic rings. The van der Waals surface area contributed by atoms with E-state index in [1.807, 2.05) is 0 Å². The fraction of sp³-hybridized carbons (Fsp3) is 0.192. The Morgan fingerprint density at radius 2 is 1.73 bits per heavy atom. The van der Waals surface area contributed by atoms with Crippen LogP contribution in [0.5, 0.6) is 0 Å². The number of anilines is 2. The Morgan fingerprint density at radius 1 is 1.00 bits per heavy atom. The third kappa shape index (κ3) is 4.98. The van der Waals surface area contributed by atoms with Crippen molar-refractivity contribution in [2.24, 2.45) is 0 Å². The third-order valence-electron chi connectivity index (χ3n) is 6.49. The van der Waals surface area contributed by atoms with Gasteiger partial charge in [-0.05, 0) is 36.4 Å². The summed E-state index contributed by atoms with van der Waals surface area (Å²) in [5.41, 5.74) is -0.408. The Hall–Kier alpha value is -4.43. The second kappa shape index (κ2) is 9.95. The van der Waals surface area contributed by atoms with Crippen LogP contribution in [0.2, 0.25) is 0 Å². The number of halogens is 3. The molecule has 14 heteroatoms. The Bertz CT molecular complexity index is 1710. The number of sulfonamides is 1. The van der Waals surface area contributed by atoms with Crippen LogP contribution >= 0.6 is 0 Å². The van der Waals surface area contributed by atoms with Crippen molar-refractivity contribution in [3.8, 4) is 0 Å². The molecule has 40 heavy (non-hydrogen) atoms. The molecule has 3 heterocycles. The van der Waals surface area contributed by atoms with Crippen molar-refractivity contribution >= 4 is 33.3 Å². The lowest BCUT2D eigenvalue weighted by atomic mass is 9.84. The molecule has 1 aliphatic heterocycles. The number of rotatable bonds is 6. The summed E-state index contributed by atoms with van der Waals surface area (Å²) in [7, 11) is -4.36. The highest BCUT2D eigenvalue weighted by atomic mass is 32.2. The van der Waals surface area contributed by atoms with E-state index in [4.69, 9.17) is 0 Å². The SMILES string of the molecule is CC1(C)CN(S(=O)(=O)c2cc(F)cc(F)c2)Cc2c(NC(=O)c3c(F)cccc3NC(=O)c3ccc[nH]3)n[nH]c21. The van der Waals surface area contributed by atoms with E-state index in [-0.39, 0.29) is 30.3 Å². The number of aromatic nitrogens is 3. The van der Waals surface area contributed by atoms with Crippen molar-refractivity contribution in [2.75, 3.05) is 17.2 Å². The zero-order chi connectivity index (χ0) is 28.8. The minimum atomic E-state index is -4.36. The maximum atomic E-state index is 14.9. The predicted molar refractivity (Wildman–Crippen MR) is 139 cm³/mol. The molecule has 0 saturated carbocycles. The van der Waals surface area contributed by atoms with Crippen LogP contribution < -0.4 is 10.6 Å². The fourth-order valence-electron chi connectivity index (χ4n) is 4.62. The van der Waals surface area contributed by atoms with Gasteiger partial charge in [0.05, 0.1) is 16.1 Å². The lowest BCUT2D eigenvalue weighted by molar-refractivity contribution is 0.102. The van der Waals surface area contributed by atoms with Crippen LogP contribution in [0, 0.1) is 17.5 Å². The van der Waals surface area contributed by atoms with Gasteiger partial charge in [-0.25, -0.2) is 21.6 Å². The molecule has 208 valence electrons. The van der Waals surface area contributed by atoms with Crippen molar-refractivity contribution in [1.29, 1.82) is 0 Å². The summed E-state index contributed by atoms with van der Waals surface area (Å²) in [6.45, 7) is 3.11. The Balaban J connectivity index is 1.46. The first kappa shape index (κ1) is 27.1. The summed E-state index contributed by atoms with van der Waals surface area (Å²) < 4.78 is 70.2. The van der Waals surface area contributed by atoms with Gasteiger partial charge in [-0.15, -0.1) is 0 Å². The van der Waals surface area contributed by atoms with E-state index in [2.05, 4.69) is 25.8 Å². The largest absolute Gasteiger partial charge is 0.357 e. The average molecular weight is 573 g/mol. The van der Waals surface area contributed by atoms with Crippen LogP contribution in [0.4, 0.5) is 24.7 Å². The van der Waals surface area contributed by atoms with Crippen LogP contribution in [0.15, 0.2) is 59.6 Å². The van der Waals surface area contributed by atoms with E-state index < -0.39 is 55.2 Å². The van der Waals surface area contributed by atoms with Crippen LogP contribution in [0.1, 0.15) is 46.0 Å². The zero-order valence-corrected chi connectivity index (χ0v) is 22.0. The second-order valence-corrected chi connectivity index (χ2v) is 11.8. The summed E-state index contributed by atoms with van der Waals surface area (Å²) in [6, 6.07) is 8.85. The van der Waals surface area contributed by atoms with E-state index in [1.165, 1.54) is 24.4 Å². The summed E-state index contributed by atoms with van der Waals surface area (Å²) >= 11 is 0. The van der Waals surface area contributed by atoms with E-state index >= 15 is 0 Å². The molecule has 0 bridgehead atoms. The molecule has 0 saturated heterocycles. The number of nitrogens with zero attached hydrogens (tertiary/aromatic N) is 2. The van der Waals surface area contributed by atoms with Gasteiger partial charge in [-0.3, -0.25) is 14.7 Å². The molecule has 4 N–H and O–H groups in total. The highest BCUT2D eigenvalue weighted by molar-refractivity contribution is 7.89. The van der Waals surface area contributed by atoms with Crippen LogP contribution in [0.3, 0.4) is 0 Å². The molecule has 2 aromatic heterocycles. The molecule has 2 amide bonds. The van der Waals surface area contributed by atoms with Crippen molar-refractivity contribution in [1.82, 2.24) is 19.5 Å². The molecule has 0 unspecified atom stereocenters. The quantitative estimate of drug-likeness (QED) is 0.275. The molecule has 5 rings (SSSR count). The molecule has 1 aliphatic rings. The number of fused-ring (bicyclic) bond motifs is 1. The van der Waals surface area contributed by atoms with Gasteiger partial charge in [0.25, 0.3) is 11.8 Å². The lowest BCUT2D eigenvalue weighted by Gasteiger charge is -2.36. The number of carbonyl (C=O) groups excluding carboxylic acids is 2. The van der Waals surface area contributed by atoms with Gasteiger partial charge in [-0.1, -0.05) is 19.9 Å². The van der Waals surface area contributed by atoms with Gasteiger partial charge >= 0.3 is 0 Å². The van der Waals surface area contributed by atoms with Crippen molar-refractivity contribution < 1.29 is 31.2 Å². The zero-order valence-electron chi connectivity index (χ0n) is 21.2. The van der Waals surface area contributed by atoms with Gasteiger partial charge < -0.3 is 15.6 Å². The standard InChI is InChI=1S/C26H23F3N6O4S/c1-26(2)13-35(40(38,39)16-10-14(27)9-15(28)11-16)12-17-22(26)33-34-23(17)32-25(37)21-18(29)5-3-6-19(21)31-24(36)20-7-4-8-30-20/h3-11,30H,12-13H2,1-2H3,(H,31,36)(H2,32,33,34,37). The number of benzene rings is 2. The van der Waals surface area contributed by atoms with E-state index in [0.717, 1.165) is 22.5 Å². The predicted octanol–water partition coefficient (Wildman–Crippen LogP) is 4.14. The maximum Gasteiger partial charge on any atom is 0.272 e. The minimum absolute atomic E-state index is 0.0573. The van der Waals surface area contributed by atoms with Gasteiger partial charge in [0.2, 0.25) is 10.0 Å². The maximum absolute atomic E-state index is 14.9. The molecular weight excluding hydrogens is 549 g/mol. The number of hydrogen-bond donors (Lipinski definition) is 4. The van der Waals surface area contributed by atoms with Gasteiger partial charge in [-0.2, -0.15) is 9.40 Å². The first-order valence-electron chi connectivity index (χ1n) is 12.0. The first-order chi connectivity index (χ1) is 18.9. The molecule has 0 atom stereocenters. The number of H-pyrrole nitrogens is 2. The Kier molecular flexibility index (Phi) is 6.75. The number of amides is 2. The van der Waals surface area contributed by atoms with E-state index in [9.17, 15) is 31.2 Å². The van der Waals surface area contributed by atoms with E-state index in [1.54, 1.807) is 19.9 Å². The summed E-state index contributed by atoms with van der Waals surface area (Å²) in [5, 5.41) is 11.9. The number of hydrogen-bond acceptors (Lipinski definition) is 5. The smallest absolute Gasteiger partial charge is 0.272 e. The molecule has 0 spiro atoms. The van der Waals surface area contributed by atoms with Gasteiger partial charge in [0.1, 0.15) is 23.1 Å². The highest BCUT2D eigenvalue weighted by Gasteiger charge is 2.41. The molecule has 2 aromatic carbocycles. The molecule has 10 nitrogen and oxygen atoms in total. The minimum Gasteiger partial charge on any atom is -0.357 e. The Labute approximate surface area is 226 Å². The van der Waals surface area contributed by atoms with E-state index in [0.29, 0.717) is 17.3 Å². The third-order valence-corrected chi connectivity index (χ3v) is 8.26. The topological polar surface area (TPSA) is 140 Å². The summed E-state index contributed by atoms with van der Waals surface area (Å²) in [4.78, 5) is 27.9. The average Bonchev–Trinajstić information content (AvgIpc) is 3.54. The van der Waals surface area contributed by atoms with Gasteiger partial charge in [0, 0.05) is 42.0 Å². The summed E-state index contributed by atoms with van der Waals surface area (Å²) in [5.74, 6) is -4.61. The molecule has 0 fully saturated rings. The van der Waals surface area contributed by atoms with Crippen molar-refractivity contribution in [3.05, 3.63) is 94.7 Å². The monoisotopic (exact) mass is 572 g/mol. The number of carbonyl (C=O) groups is 2. The first-order valence-corrected chi connectivity index (χ1v) is 13.4. The van der Waals surface area contributed by atoms with Crippen LogP contribution in [-0.4, -0.2) is 46.3 Å². The fourth-order valence-corrected chi connectivity index (χ4v) is 6.23. The number of nitrogens with one attached hydrogen (secondary N) is 4. The molecular formula is C26H23F3N6O4S. The van der Waals surface area contributed by atoms with Crippen molar-refractivity contribution in [2.45, 2.75) is 30.7 Å². The van der Waals surface area contributed by atoms with Crippen LogP contribution in [0.25, 0.3) is 0 Å². The van der Waals surface area contributed by atoms with Crippen LogP contribution in [-0.2, 0) is 22.0 Å². The highest BCUT2D eigenvalue weighted by Crippen LogP contribution is 2.38. The number of aromatic amines is 2. The van der Waals surface area contributed by atoms with Crippen molar-refractivity contribution in [3.63, 3.8) is 0 Å². The Morgan fingerprint density at radius 3 is 2.40 bits per heavy atom. The van der Waals surface area contributed by atoms with Gasteiger partial charge in [0.15, 0.2) is 5.82 Å². The second-order valence-electron chi connectivity index (χ2n) is 9.84. The molecule has 0 radical (unpaired) electrons.